The standard InChI is InChI=1S/C23H23N7O3/c24-22-26-19(27-23(28-22)25-17-9-5-2-6-10-17)15-33-21(32)12-11-20(31)30-14-13-18(29-30)16-7-3-1-4-8-16/h1-10H,11-15H2,(H3,24,25,26,27,28). The number of carbonyl (C=O) groups is 2. The molecule has 2 aromatic carbocycles. The highest BCUT2D eigenvalue weighted by Crippen LogP contribution is 2.16. The molecule has 1 amide bonds. The monoisotopic (exact) mass is 445 g/mol. The van der Waals surface area contributed by atoms with Crippen molar-refractivity contribution < 1.29 is 14.3 Å². The summed E-state index contributed by atoms with van der Waals surface area (Å²) in [5.41, 5.74) is 8.37. The number of amides is 1. The molecule has 0 unspecified atom stereocenters. The van der Waals surface area contributed by atoms with Gasteiger partial charge in [-0.25, -0.2) is 5.01 Å². The minimum Gasteiger partial charge on any atom is -0.457 e. The van der Waals surface area contributed by atoms with Crippen LogP contribution in [-0.2, 0) is 20.9 Å². The molecule has 0 radical (unpaired) electrons. The van der Waals surface area contributed by atoms with Gasteiger partial charge in [0.1, 0.15) is 0 Å². The molecule has 4 rings (SSSR count). The minimum absolute atomic E-state index is 0.00452. The molecule has 3 aromatic rings. The fourth-order valence-corrected chi connectivity index (χ4v) is 3.23. The number of nitrogens with one attached hydrogen (secondary N) is 1. The predicted molar refractivity (Wildman–Crippen MR) is 122 cm³/mol. The van der Waals surface area contributed by atoms with E-state index in [9.17, 15) is 9.59 Å². The second kappa shape index (κ2) is 10.3. The van der Waals surface area contributed by atoms with Gasteiger partial charge in [-0.2, -0.15) is 20.1 Å². The Morgan fingerprint density at radius 2 is 1.70 bits per heavy atom. The van der Waals surface area contributed by atoms with E-state index >= 15 is 0 Å². The lowest BCUT2D eigenvalue weighted by atomic mass is 10.1. The minimum atomic E-state index is -0.536. The van der Waals surface area contributed by atoms with Crippen LogP contribution in [0.5, 0.6) is 0 Å². The first-order valence-corrected chi connectivity index (χ1v) is 10.5. The summed E-state index contributed by atoms with van der Waals surface area (Å²) in [5.74, 6) is -0.304. The van der Waals surface area contributed by atoms with Crippen molar-refractivity contribution in [3.05, 3.63) is 72.1 Å². The van der Waals surface area contributed by atoms with Gasteiger partial charge in [0.15, 0.2) is 12.4 Å². The van der Waals surface area contributed by atoms with Gasteiger partial charge in [-0.15, -0.1) is 0 Å². The summed E-state index contributed by atoms with van der Waals surface area (Å²) in [6.07, 6.45) is 0.617. The Bertz CT molecular complexity index is 1150. The zero-order valence-corrected chi connectivity index (χ0v) is 17.8. The second-order valence-electron chi connectivity index (χ2n) is 7.26. The van der Waals surface area contributed by atoms with Crippen LogP contribution in [0.1, 0.15) is 30.7 Å². The molecular weight excluding hydrogens is 422 g/mol. The molecule has 0 saturated heterocycles. The summed E-state index contributed by atoms with van der Waals surface area (Å²) in [7, 11) is 0. The van der Waals surface area contributed by atoms with Crippen molar-refractivity contribution in [3.8, 4) is 0 Å². The van der Waals surface area contributed by atoms with Crippen LogP contribution in [0.3, 0.4) is 0 Å². The Morgan fingerprint density at radius 1 is 0.970 bits per heavy atom. The molecule has 0 fully saturated rings. The summed E-state index contributed by atoms with van der Waals surface area (Å²) in [6.45, 7) is 0.322. The zero-order valence-electron chi connectivity index (χ0n) is 17.8. The number of hydrogen-bond donors (Lipinski definition) is 2. The Hall–Kier alpha value is -4.34. The van der Waals surface area contributed by atoms with E-state index in [2.05, 4.69) is 25.4 Å². The lowest BCUT2D eigenvalue weighted by molar-refractivity contribution is -0.147. The molecule has 3 N–H and O–H groups in total. The second-order valence-corrected chi connectivity index (χ2v) is 7.26. The number of nitrogens with two attached hydrogens (primary N) is 1. The third-order valence-electron chi connectivity index (χ3n) is 4.83. The van der Waals surface area contributed by atoms with Gasteiger partial charge in [0.05, 0.1) is 18.7 Å². The van der Waals surface area contributed by atoms with E-state index in [0.29, 0.717) is 13.0 Å². The van der Waals surface area contributed by atoms with Crippen LogP contribution in [0.2, 0.25) is 0 Å². The number of rotatable bonds is 8. The van der Waals surface area contributed by atoms with Crippen molar-refractivity contribution in [3.63, 3.8) is 0 Å². The molecule has 33 heavy (non-hydrogen) atoms. The zero-order chi connectivity index (χ0) is 23.0. The van der Waals surface area contributed by atoms with Crippen LogP contribution in [0.4, 0.5) is 17.6 Å². The molecule has 0 spiro atoms. The van der Waals surface area contributed by atoms with E-state index in [0.717, 1.165) is 17.0 Å². The van der Waals surface area contributed by atoms with Crippen LogP contribution < -0.4 is 11.1 Å². The molecule has 0 saturated carbocycles. The van der Waals surface area contributed by atoms with E-state index in [1.54, 1.807) is 0 Å². The van der Waals surface area contributed by atoms with Crippen molar-refractivity contribution in [2.75, 3.05) is 17.6 Å². The van der Waals surface area contributed by atoms with Gasteiger partial charge in [0.2, 0.25) is 17.8 Å². The maximum absolute atomic E-state index is 12.4. The topological polar surface area (TPSA) is 136 Å². The number of hydrazone groups is 1. The fraction of sp³-hybridized carbons (Fsp3) is 0.217. The van der Waals surface area contributed by atoms with E-state index in [-0.39, 0.29) is 43.1 Å². The molecule has 0 aliphatic carbocycles. The average molecular weight is 445 g/mol. The van der Waals surface area contributed by atoms with Crippen molar-refractivity contribution >= 4 is 35.2 Å². The number of ether oxygens (including phenoxy) is 1. The summed E-state index contributed by atoms with van der Waals surface area (Å²) < 4.78 is 5.21. The van der Waals surface area contributed by atoms with E-state index in [1.165, 1.54) is 5.01 Å². The largest absolute Gasteiger partial charge is 0.457 e. The molecule has 168 valence electrons. The van der Waals surface area contributed by atoms with E-state index in [1.807, 2.05) is 60.7 Å². The summed E-state index contributed by atoms with van der Waals surface area (Å²) >= 11 is 0. The van der Waals surface area contributed by atoms with Crippen LogP contribution >= 0.6 is 0 Å². The highest BCUT2D eigenvalue weighted by atomic mass is 16.5. The first-order chi connectivity index (χ1) is 16.1. The quantitative estimate of drug-likeness (QED) is 0.505. The highest BCUT2D eigenvalue weighted by molar-refractivity contribution is 6.02. The third-order valence-corrected chi connectivity index (χ3v) is 4.83. The molecule has 0 bridgehead atoms. The van der Waals surface area contributed by atoms with Crippen molar-refractivity contribution in [1.82, 2.24) is 20.0 Å². The molecule has 1 aromatic heterocycles. The number of nitrogens with zero attached hydrogens (tertiary/aromatic N) is 5. The lowest BCUT2D eigenvalue weighted by Gasteiger charge is -2.11. The van der Waals surface area contributed by atoms with Gasteiger partial charge in [0, 0.05) is 18.5 Å². The number of nitrogen functional groups attached to an aromatic ring is 1. The number of esters is 1. The highest BCUT2D eigenvalue weighted by Gasteiger charge is 2.22. The number of benzene rings is 2. The first kappa shape index (κ1) is 21.9. The van der Waals surface area contributed by atoms with E-state index in [4.69, 9.17) is 10.5 Å². The lowest BCUT2D eigenvalue weighted by Crippen LogP contribution is -2.24. The SMILES string of the molecule is Nc1nc(COC(=O)CCC(=O)N2CCC(c3ccccc3)=N2)nc(Nc2ccccc2)n1. The van der Waals surface area contributed by atoms with Gasteiger partial charge < -0.3 is 15.8 Å². The van der Waals surface area contributed by atoms with Crippen molar-refractivity contribution in [2.45, 2.75) is 25.9 Å². The molecule has 1 aliphatic rings. The molecule has 1 aliphatic heterocycles. The molecule has 0 atom stereocenters. The number of hydrogen-bond acceptors (Lipinski definition) is 9. The number of para-hydroxylation sites is 1. The van der Waals surface area contributed by atoms with Crippen LogP contribution in [-0.4, -0.2) is 44.1 Å². The van der Waals surface area contributed by atoms with Gasteiger partial charge in [-0.3, -0.25) is 9.59 Å². The number of aromatic nitrogens is 3. The van der Waals surface area contributed by atoms with Crippen LogP contribution in [0, 0.1) is 0 Å². The molecule has 10 nitrogen and oxygen atoms in total. The number of carbonyl (C=O) groups excluding carboxylic acids is 2. The first-order valence-electron chi connectivity index (χ1n) is 10.5. The number of anilines is 3. The van der Waals surface area contributed by atoms with Crippen molar-refractivity contribution in [2.24, 2.45) is 5.10 Å². The Kier molecular flexibility index (Phi) is 6.84. The summed E-state index contributed by atoms with van der Waals surface area (Å²) in [4.78, 5) is 36.8. The van der Waals surface area contributed by atoms with Gasteiger partial charge in [-0.1, -0.05) is 48.5 Å². The maximum Gasteiger partial charge on any atom is 0.306 e. The van der Waals surface area contributed by atoms with E-state index < -0.39 is 5.97 Å². The van der Waals surface area contributed by atoms with Gasteiger partial charge in [0.25, 0.3) is 0 Å². The Labute approximate surface area is 190 Å². The normalized spacial score (nSPS) is 12.8. The smallest absolute Gasteiger partial charge is 0.306 e. The van der Waals surface area contributed by atoms with Crippen LogP contribution in [0.25, 0.3) is 0 Å². The average Bonchev–Trinajstić information content (AvgIpc) is 3.33. The van der Waals surface area contributed by atoms with Crippen LogP contribution in [0.15, 0.2) is 65.8 Å². The molecule has 2 heterocycles. The Morgan fingerprint density at radius 3 is 2.45 bits per heavy atom. The summed E-state index contributed by atoms with van der Waals surface area (Å²) in [5, 5.41) is 8.80. The predicted octanol–water partition coefficient (Wildman–Crippen LogP) is 2.66. The third kappa shape index (κ3) is 6.10. The van der Waals surface area contributed by atoms with Crippen molar-refractivity contribution in [1.29, 1.82) is 0 Å². The fourth-order valence-electron chi connectivity index (χ4n) is 3.23. The van der Waals surface area contributed by atoms with Gasteiger partial charge in [-0.05, 0) is 17.7 Å². The van der Waals surface area contributed by atoms with Gasteiger partial charge >= 0.3 is 5.97 Å². The molecular formula is C23H23N7O3. The maximum atomic E-state index is 12.4. The molecule has 10 heteroatoms. The summed E-state index contributed by atoms with van der Waals surface area (Å²) in [6, 6.07) is 19.0. The Balaban J connectivity index is 1.26.